The molecule has 0 aliphatic carbocycles. The molecular formula is C18H20ClN3O. The van der Waals surface area contributed by atoms with Crippen molar-refractivity contribution < 1.29 is 4.74 Å². The van der Waals surface area contributed by atoms with E-state index in [0.29, 0.717) is 11.7 Å². The Morgan fingerprint density at radius 2 is 2.13 bits per heavy atom. The summed E-state index contributed by atoms with van der Waals surface area (Å²) < 4.78 is 7.48. The van der Waals surface area contributed by atoms with Gasteiger partial charge in [-0.15, -0.1) is 0 Å². The summed E-state index contributed by atoms with van der Waals surface area (Å²) in [7, 11) is 1.70. The standard InChI is InChI=1S/C18H20ClN3O/c1-12-7-8-16(23-3)14(10-12)13(2)20-11-15-18(19)21-17-6-4-5-9-22(15)17/h4-10,13,20H,11H2,1-3H3/t13-/m1/s1. The Morgan fingerprint density at radius 1 is 1.30 bits per heavy atom. The van der Waals surface area contributed by atoms with Crippen molar-refractivity contribution in [2.24, 2.45) is 0 Å². The molecule has 5 heteroatoms. The van der Waals surface area contributed by atoms with Crippen LogP contribution in [0.4, 0.5) is 0 Å². The predicted octanol–water partition coefficient (Wildman–Crippen LogP) is 4.16. The number of aryl methyl sites for hydroxylation is 1. The second-order valence-corrected chi connectivity index (χ2v) is 5.98. The first kappa shape index (κ1) is 15.8. The van der Waals surface area contributed by atoms with E-state index in [2.05, 4.69) is 36.3 Å². The summed E-state index contributed by atoms with van der Waals surface area (Å²) in [6, 6.07) is 12.2. The SMILES string of the molecule is COc1ccc(C)cc1[C@@H](C)NCc1c(Cl)nc2ccccn12. The number of methoxy groups -OCH3 is 1. The van der Waals surface area contributed by atoms with Crippen LogP contribution in [0.25, 0.3) is 5.65 Å². The number of hydrogen-bond donors (Lipinski definition) is 1. The molecule has 1 aromatic carbocycles. The van der Waals surface area contributed by atoms with Gasteiger partial charge in [0.05, 0.1) is 12.8 Å². The molecule has 0 saturated heterocycles. The maximum absolute atomic E-state index is 6.28. The zero-order chi connectivity index (χ0) is 16.4. The topological polar surface area (TPSA) is 38.6 Å². The van der Waals surface area contributed by atoms with Gasteiger partial charge in [0, 0.05) is 24.3 Å². The average Bonchev–Trinajstić information content (AvgIpc) is 2.88. The molecule has 0 amide bonds. The molecule has 0 aliphatic rings. The molecule has 0 radical (unpaired) electrons. The van der Waals surface area contributed by atoms with Gasteiger partial charge in [-0.2, -0.15) is 0 Å². The van der Waals surface area contributed by atoms with Crippen LogP contribution >= 0.6 is 11.6 Å². The van der Waals surface area contributed by atoms with Gasteiger partial charge >= 0.3 is 0 Å². The highest BCUT2D eigenvalue weighted by molar-refractivity contribution is 6.30. The molecule has 0 aliphatic heterocycles. The lowest BCUT2D eigenvalue weighted by Gasteiger charge is -2.18. The lowest BCUT2D eigenvalue weighted by Crippen LogP contribution is -2.20. The Hall–Kier alpha value is -2.04. The molecule has 120 valence electrons. The second kappa shape index (κ2) is 6.60. The van der Waals surface area contributed by atoms with Crippen molar-refractivity contribution in [2.45, 2.75) is 26.4 Å². The second-order valence-electron chi connectivity index (χ2n) is 5.63. The van der Waals surface area contributed by atoms with E-state index >= 15 is 0 Å². The minimum Gasteiger partial charge on any atom is -0.496 e. The van der Waals surface area contributed by atoms with Gasteiger partial charge in [0.25, 0.3) is 0 Å². The molecule has 0 unspecified atom stereocenters. The number of halogens is 1. The molecule has 4 nitrogen and oxygen atoms in total. The molecule has 0 spiro atoms. The van der Waals surface area contributed by atoms with E-state index in [1.165, 1.54) is 5.56 Å². The highest BCUT2D eigenvalue weighted by Crippen LogP contribution is 2.27. The molecule has 1 N–H and O–H groups in total. The average molecular weight is 330 g/mol. The third-order valence-corrected chi connectivity index (χ3v) is 4.31. The fraction of sp³-hybridized carbons (Fsp3) is 0.278. The number of benzene rings is 1. The van der Waals surface area contributed by atoms with E-state index in [9.17, 15) is 0 Å². The number of pyridine rings is 1. The molecular weight excluding hydrogens is 310 g/mol. The normalized spacial score (nSPS) is 12.5. The number of imidazole rings is 1. The Bertz CT molecular complexity index is 828. The minimum atomic E-state index is 0.134. The first-order valence-corrected chi connectivity index (χ1v) is 7.97. The van der Waals surface area contributed by atoms with E-state index in [1.807, 2.05) is 34.9 Å². The quantitative estimate of drug-likeness (QED) is 0.764. The van der Waals surface area contributed by atoms with Gasteiger partial charge in [-0.25, -0.2) is 4.98 Å². The maximum Gasteiger partial charge on any atom is 0.152 e. The molecule has 3 aromatic rings. The van der Waals surface area contributed by atoms with Gasteiger partial charge in [0.15, 0.2) is 5.15 Å². The van der Waals surface area contributed by atoms with Gasteiger partial charge < -0.3 is 14.5 Å². The van der Waals surface area contributed by atoms with Crippen molar-refractivity contribution >= 4 is 17.2 Å². The van der Waals surface area contributed by atoms with Crippen LogP contribution in [0.2, 0.25) is 5.15 Å². The Balaban J connectivity index is 1.82. The van der Waals surface area contributed by atoms with Crippen LogP contribution in [-0.4, -0.2) is 16.5 Å². The van der Waals surface area contributed by atoms with E-state index in [1.54, 1.807) is 7.11 Å². The lowest BCUT2D eigenvalue weighted by atomic mass is 10.0. The van der Waals surface area contributed by atoms with Gasteiger partial charge in [-0.05, 0) is 32.0 Å². The first-order chi connectivity index (χ1) is 11.1. The summed E-state index contributed by atoms with van der Waals surface area (Å²) in [5.41, 5.74) is 4.16. The molecule has 3 rings (SSSR count). The highest BCUT2D eigenvalue weighted by atomic mass is 35.5. The van der Waals surface area contributed by atoms with Crippen molar-refractivity contribution in [2.75, 3.05) is 7.11 Å². The van der Waals surface area contributed by atoms with Crippen LogP contribution < -0.4 is 10.1 Å². The van der Waals surface area contributed by atoms with Crippen molar-refractivity contribution in [3.05, 3.63) is 64.6 Å². The summed E-state index contributed by atoms with van der Waals surface area (Å²) >= 11 is 6.28. The summed E-state index contributed by atoms with van der Waals surface area (Å²) in [6.45, 7) is 4.83. The van der Waals surface area contributed by atoms with E-state index in [0.717, 1.165) is 22.7 Å². The van der Waals surface area contributed by atoms with Crippen molar-refractivity contribution in [3.63, 3.8) is 0 Å². The number of nitrogens with one attached hydrogen (secondary N) is 1. The number of fused-ring (bicyclic) bond motifs is 1. The zero-order valence-corrected chi connectivity index (χ0v) is 14.3. The monoisotopic (exact) mass is 329 g/mol. The van der Waals surface area contributed by atoms with Gasteiger partial charge in [-0.3, -0.25) is 0 Å². The molecule has 1 atom stereocenters. The molecule has 0 bridgehead atoms. The van der Waals surface area contributed by atoms with Crippen molar-refractivity contribution in [3.8, 4) is 5.75 Å². The number of nitrogens with zero attached hydrogens (tertiary/aromatic N) is 2. The summed E-state index contributed by atoms with van der Waals surface area (Å²) in [6.07, 6.45) is 1.98. The van der Waals surface area contributed by atoms with Crippen LogP contribution in [0, 0.1) is 6.92 Å². The molecule has 2 aromatic heterocycles. The third-order valence-electron chi connectivity index (χ3n) is 4.01. The highest BCUT2D eigenvalue weighted by Gasteiger charge is 2.14. The molecule has 23 heavy (non-hydrogen) atoms. The van der Waals surface area contributed by atoms with Gasteiger partial charge in [0.1, 0.15) is 11.4 Å². The van der Waals surface area contributed by atoms with Crippen LogP contribution in [0.1, 0.15) is 29.8 Å². The van der Waals surface area contributed by atoms with Crippen LogP contribution in [0.15, 0.2) is 42.6 Å². The van der Waals surface area contributed by atoms with Crippen LogP contribution in [0.5, 0.6) is 5.75 Å². The summed E-state index contributed by atoms with van der Waals surface area (Å²) in [5.74, 6) is 0.889. The number of hydrogen-bond acceptors (Lipinski definition) is 3. The first-order valence-electron chi connectivity index (χ1n) is 7.59. The van der Waals surface area contributed by atoms with E-state index < -0.39 is 0 Å². The number of ether oxygens (including phenoxy) is 1. The van der Waals surface area contributed by atoms with Crippen molar-refractivity contribution in [1.29, 1.82) is 0 Å². The fourth-order valence-electron chi connectivity index (χ4n) is 2.73. The van der Waals surface area contributed by atoms with E-state index in [4.69, 9.17) is 16.3 Å². The predicted molar refractivity (Wildman–Crippen MR) is 93.2 cm³/mol. The van der Waals surface area contributed by atoms with Crippen LogP contribution in [-0.2, 0) is 6.54 Å². The smallest absolute Gasteiger partial charge is 0.152 e. The minimum absolute atomic E-state index is 0.134. The summed E-state index contributed by atoms with van der Waals surface area (Å²) in [4.78, 5) is 4.38. The van der Waals surface area contributed by atoms with Crippen molar-refractivity contribution in [1.82, 2.24) is 14.7 Å². The van der Waals surface area contributed by atoms with Crippen LogP contribution in [0.3, 0.4) is 0 Å². The Morgan fingerprint density at radius 3 is 2.91 bits per heavy atom. The number of rotatable bonds is 5. The zero-order valence-electron chi connectivity index (χ0n) is 13.5. The van der Waals surface area contributed by atoms with Gasteiger partial charge in [-0.1, -0.05) is 35.4 Å². The number of aromatic nitrogens is 2. The Kier molecular flexibility index (Phi) is 4.55. The van der Waals surface area contributed by atoms with Gasteiger partial charge in [0.2, 0.25) is 0 Å². The fourth-order valence-corrected chi connectivity index (χ4v) is 2.97. The summed E-state index contributed by atoms with van der Waals surface area (Å²) in [5, 5.41) is 4.05. The largest absolute Gasteiger partial charge is 0.496 e. The maximum atomic E-state index is 6.28. The molecule has 2 heterocycles. The molecule has 0 saturated carbocycles. The molecule has 0 fully saturated rings. The third kappa shape index (κ3) is 3.19. The van der Waals surface area contributed by atoms with E-state index in [-0.39, 0.29) is 6.04 Å². The Labute approximate surface area is 141 Å². The lowest BCUT2D eigenvalue weighted by molar-refractivity contribution is 0.401.